The summed E-state index contributed by atoms with van der Waals surface area (Å²) in [5, 5.41) is 7.76. The summed E-state index contributed by atoms with van der Waals surface area (Å²) in [7, 11) is 0. The highest BCUT2D eigenvalue weighted by Crippen LogP contribution is 2.19. The third-order valence-electron chi connectivity index (χ3n) is 2.98. The molecule has 1 atom stereocenters. The van der Waals surface area contributed by atoms with Crippen molar-refractivity contribution in [2.75, 3.05) is 5.32 Å². The first kappa shape index (κ1) is 16.5. The topological polar surface area (TPSA) is 50.4 Å². The van der Waals surface area contributed by atoms with Gasteiger partial charge < -0.3 is 10.1 Å². The average Bonchev–Trinajstić information content (AvgIpc) is 3.01. The Morgan fingerprint density at radius 2 is 2.18 bits per heavy atom. The van der Waals surface area contributed by atoms with Crippen LogP contribution in [0.25, 0.3) is 0 Å². The van der Waals surface area contributed by atoms with Gasteiger partial charge in [0, 0.05) is 11.8 Å². The van der Waals surface area contributed by atoms with Crippen LogP contribution < -0.4 is 15.4 Å². The van der Waals surface area contributed by atoms with Crippen LogP contribution in [0.4, 0.5) is 5.69 Å². The standard InChI is InChI=1S/C16H18N2O2S2/c1-3-11(2)20-13-7-4-6-12(10-13)17-16(21)18-15(19)14-8-5-9-22-14/h4-11H,3H2,1-2H3,(H2,17,18,19,21). The quantitative estimate of drug-likeness (QED) is 0.810. The first-order chi connectivity index (χ1) is 10.6. The molecule has 1 heterocycles. The van der Waals surface area contributed by atoms with Crippen molar-refractivity contribution in [1.29, 1.82) is 0 Å². The lowest BCUT2D eigenvalue weighted by Gasteiger charge is -2.14. The molecule has 0 bridgehead atoms. The van der Waals surface area contributed by atoms with Crippen LogP contribution in [-0.4, -0.2) is 17.1 Å². The van der Waals surface area contributed by atoms with Crippen molar-refractivity contribution in [3.8, 4) is 5.75 Å². The van der Waals surface area contributed by atoms with Gasteiger partial charge in [0.05, 0.1) is 11.0 Å². The van der Waals surface area contributed by atoms with Gasteiger partial charge in [-0.2, -0.15) is 0 Å². The number of carbonyl (C=O) groups is 1. The molecule has 1 aromatic carbocycles. The Balaban J connectivity index is 1.94. The fourth-order valence-electron chi connectivity index (χ4n) is 1.70. The zero-order chi connectivity index (χ0) is 15.9. The fourth-order valence-corrected chi connectivity index (χ4v) is 2.53. The van der Waals surface area contributed by atoms with Crippen LogP contribution in [-0.2, 0) is 0 Å². The fraction of sp³-hybridized carbons (Fsp3) is 0.250. The van der Waals surface area contributed by atoms with E-state index in [0.29, 0.717) is 4.88 Å². The van der Waals surface area contributed by atoms with Crippen molar-refractivity contribution in [3.05, 3.63) is 46.7 Å². The largest absolute Gasteiger partial charge is 0.491 e. The summed E-state index contributed by atoms with van der Waals surface area (Å²) in [4.78, 5) is 12.5. The molecule has 1 aromatic heterocycles. The number of anilines is 1. The highest BCUT2D eigenvalue weighted by Gasteiger charge is 2.09. The number of carbonyl (C=O) groups excluding carboxylic acids is 1. The summed E-state index contributed by atoms with van der Waals surface area (Å²) in [5.41, 5.74) is 0.775. The lowest BCUT2D eigenvalue weighted by molar-refractivity contribution is 0.0981. The zero-order valence-electron chi connectivity index (χ0n) is 12.5. The van der Waals surface area contributed by atoms with E-state index in [-0.39, 0.29) is 17.1 Å². The molecule has 4 nitrogen and oxygen atoms in total. The number of thiocarbonyl (C=S) groups is 1. The monoisotopic (exact) mass is 334 g/mol. The lowest BCUT2D eigenvalue weighted by atomic mass is 10.3. The highest BCUT2D eigenvalue weighted by molar-refractivity contribution is 7.80. The number of thiophene rings is 1. The number of nitrogens with one attached hydrogen (secondary N) is 2. The van der Waals surface area contributed by atoms with Crippen LogP contribution in [0, 0.1) is 0 Å². The second kappa shape index (κ2) is 7.91. The number of hydrogen-bond donors (Lipinski definition) is 2. The minimum absolute atomic E-state index is 0.153. The molecular weight excluding hydrogens is 316 g/mol. The molecule has 1 amide bonds. The van der Waals surface area contributed by atoms with Gasteiger partial charge in [0.25, 0.3) is 5.91 Å². The SMILES string of the molecule is CCC(C)Oc1cccc(NC(=S)NC(=O)c2cccs2)c1. The van der Waals surface area contributed by atoms with Gasteiger partial charge in [-0.1, -0.05) is 19.1 Å². The molecule has 0 aliphatic carbocycles. The van der Waals surface area contributed by atoms with Gasteiger partial charge in [-0.05, 0) is 49.1 Å². The van der Waals surface area contributed by atoms with Gasteiger partial charge in [0.15, 0.2) is 5.11 Å². The Kier molecular flexibility index (Phi) is 5.91. The zero-order valence-corrected chi connectivity index (χ0v) is 14.1. The van der Waals surface area contributed by atoms with Crippen LogP contribution >= 0.6 is 23.6 Å². The highest BCUT2D eigenvalue weighted by atomic mass is 32.1. The lowest BCUT2D eigenvalue weighted by Crippen LogP contribution is -2.33. The minimum atomic E-state index is -0.209. The van der Waals surface area contributed by atoms with Crippen molar-refractivity contribution in [1.82, 2.24) is 5.32 Å². The number of rotatable bonds is 5. The first-order valence-electron chi connectivity index (χ1n) is 7.01. The van der Waals surface area contributed by atoms with Gasteiger partial charge in [-0.3, -0.25) is 10.1 Å². The molecule has 6 heteroatoms. The van der Waals surface area contributed by atoms with E-state index in [1.807, 2.05) is 42.6 Å². The van der Waals surface area contributed by atoms with Crippen molar-refractivity contribution in [3.63, 3.8) is 0 Å². The average molecular weight is 334 g/mol. The maximum Gasteiger partial charge on any atom is 0.267 e. The van der Waals surface area contributed by atoms with Crippen LogP contribution in [0.15, 0.2) is 41.8 Å². The molecule has 0 radical (unpaired) electrons. The second-order valence-corrected chi connectivity index (χ2v) is 6.11. The Bertz CT molecular complexity index is 641. The Morgan fingerprint density at radius 3 is 2.86 bits per heavy atom. The van der Waals surface area contributed by atoms with E-state index in [1.165, 1.54) is 11.3 Å². The molecule has 116 valence electrons. The molecule has 0 saturated heterocycles. The maximum atomic E-state index is 11.9. The van der Waals surface area contributed by atoms with Crippen molar-refractivity contribution in [2.45, 2.75) is 26.4 Å². The van der Waals surface area contributed by atoms with E-state index in [2.05, 4.69) is 17.6 Å². The van der Waals surface area contributed by atoms with Gasteiger partial charge in [-0.15, -0.1) is 11.3 Å². The minimum Gasteiger partial charge on any atom is -0.491 e. The van der Waals surface area contributed by atoms with Crippen LogP contribution in [0.2, 0.25) is 0 Å². The van der Waals surface area contributed by atoms with E-state index in [4.69, 9.17) is 17.0 Å². The van der Waals surface area contributed by atoms with E-state index in [1.54, 1.807) is 6.07 Å². The van der Waals surface area contributed by atoms with Crippen molar-refractivity contribution < 1.29 is 9.53 Å². The molecule has 0 aliphatic heterocycles. The van der Waals surface area contributed by atoms with Crippen LogP contribution in [0.3, 0.4) is 0 Å². The van der Waals surface area contributed by atoms with E-state index in [9.17, 15) is 4.79 Å². The number of benzene rings is 1. The summed E-state index contributed by atoms with van der Waals surface area (Å²) in [5.74, 6) is 0.561. The molecular formula is C16H18N2O2S2. The smallest absolute Gasteiger partial charge is 0.267 e. The van der Waals surface area contributed by atoms with Crippen LogP contribution in [0.5, 0.6) is 5.75 Å². The Morgan fingerprint density at radius 1 is 1.36 bits per heavy atom. The predicted molar refractivity (Wildman–Crippen MR) is 94.8 cm³/mol. The van der Waals surface area contributed by atoms with Gasteiger partial charge >= 0.3 is 0 Å². The van der Waals surface area contributed by atoms with Gasteiger partial charge in [0.2, 0.25) is 0 Å². The Hall–Kier alpha value is -1.92. The van der Waals surface area contributed by atoms with E-state index >= 15 is 0 Å². The normalized spacial score (nSPS) is 11.5. The summed E-state index contributed by atoms with van der Waals surface area (Å²) in [6, 6.07) is 11.1. The maximum absolute atomic E-state index is 11.9. The molecule has 2 rings (SSSR count). The molecule has 0 fully saturated rings. The number of hydrogen-bond acceptors (Lipinski definition) is 4. The first-order valence-corrected chi connectivity index (χ1v) is 8.30. The molecule has 0 saturated carbocycles. The van der Waals surface area contributed by atoms with Gasteiger partial charge in [0.1, 0.15) is 5.75 Å². The van der Waals surface area contributed by atoms with Crippen molar-refractivity contribution in [2.24, 2.45) is 0 Å². The molecule has 0 aliphatic rings. The van der Waals surface area contributed by atoms with Crippen LogP contribution in [0.1, 0.15) is 29.9 Å². The molecule has 1 unspecified atom stereocenters. The predicted octanol–water partition coefficient (Wildman–Crippen LogP) is 4.05. The molecule has 2 N–H and O–H groups in total. The molecule has 2 aromatic rings. The third-order valence-corrected chi connectivity index (χ3v) is 4.05. The second-order valence-electron chi connectivity index (χ2n) is 4.75. The summed E-state index contributed by atoms with van der Waals surface area (Å²) >= 11 is 6.53. The van der Waals surface area contributed by atoms with Crippen molar-refractivity contribution >= 4 is 40.3 Å². The van der Waals surface area contributed by atoms with Gasteiger partial charge in [-0.25, -0.2) is 0 Å². The Labute approximate surface area is 139 Å². The summed E-state index contributed by atoms with van der Waals surface area (Å²) in [6.07, 6.45) is 1.09. The molecule has 22 heavy (non-hydrogen) atoms. The third kappa shape index (κ3) is 4.82. The number of amides is 1. The molecule has 0 spiro atoms. The van der Waals surface area contributed by atoms with E-state index in [0.717, 1.165) is 17.9 Å². The summed E-state index contributed by atoms with van der Waals surface area (Å²) < 4.78 is 5.76. The number of ether oxygens (including phenoxy) is 1. The van der Waals surface area contributed by atoms with E-state index < -0.39 is 0 Å². The summed E-state index contributed by atoms with van der Waals surface area (Å²) in [6.45, 7) is 4.09.